The largest absolute Gasteiger partial charge is 0.324 e. The molecule has 0 saturated carbocycles. The van der Waals surface area contributed by atoms with Gasteiger partial charge < -0.3 is 5.32 Å². The number of nitrogens with one attached hydrogen (secondary N) is 1. The van der Waals surface area contributed by atoms with Crippen LogP contribution in [-0.2, 0) is 11.2 Å². The summed E-state index contributed by atoms with van der Waals surface area (Å²) in [5.41, 5.74) is 4.49. The van der Waals surface area contributed by atoms with E-state index in [9.17, 15) is 4.79 Å². The van der Waals surface area contributed by atoms with Crippen LogP contribution in [0.4, 0.5) is 5.69 Å². The summed E-state index contributed by atoms with van der Waals surface area (Å²) < 4.78 is 0. The number of aryl methyl sites for hydroxylation is 1. The van der Waals surface area contributed by atoms with Gasteiger partial charge in [0, 0.05) is 5.39 Å². The van der Waals surface area contributed by atoms with Gasteiger partial charge in [-0.1, -0.05) is 61.8 Å². The molecule has 0 aliphatic heterocycles. The first-order chi connectivity index (χ1) is 12.9. The van der Waals surface area contributed by atoms with Crippen LogP contribution in [0.2, 0.25) is 5.02 Å². The number of carbonyl (C=O) groups is 1. The van der Waals surface area contributed by atoms with Gasteiger partial charge in [-0.15, -0.1) is 0 Å². The van der Waals surface area contributed by atoms with Crippen LogP contribution in [0.3, 0.4) is 0 Å². The molecule has 0 bridgehead atoms. The van der Waals surface area contributed by atoms with Crippen molar-refractivity contribution in [2.45, 2.75) is 39.5 Å². The molecule has 1 N–H and O–H groups in total. The molecule has 0 fully saturated rings. The van der Waals surface area contributed by atoms with E-state index in [1.807, 2.05) is 31.2 Å². The van der Waals surface area contributed by atoms with Crippen molar-refractivity contribution in [1.29, 1.82) is 0 Å². The van der Waals surface area contributed by atoms with Crippen LogP contribution in [0.15, 0.2) is 48.5 Å². The zero-order valence-electron chi connectivity index (χ0n) is 15.8. The van der Waals surface area contributed by atoms with Crippen LogP contribution in [0.25, 0.3) is 10.9 Å². The molecular formula is C23H23ClN2O. The number of pyridine rings is 1. The molecule has 2 aromatic carbocycles. The van der Waals surface area contributed by atoms with Crippen molar-refractivity contribution in [2.75, 3.05) is 5.32 Å². The Labute approximate surface area is 164 Å². The summed E-state index contributed by atoms with van der Waals surface area (Å²) >= 11 is 6.25. The van der Waals surface area contributed by atoms with E-state index in [2.05, 4.69) is 48.4 Å². The van der Waals surface area contributed by atoms with Crippen LogP contribution in [0.5, 0.6) is 0 Å². The van der Waals surface area contributed by atoms with Gasteiger partial charge in [0.2, 0.25) is 5.91 Å². The lowest BCUT2D eigenvalue weighted by Crippen LogP contribution is -2.39. The van der Waals surface area contributed by atoms with Crippen molar-refractivity contribution in [2.24, 2.45) is 5.41 Å². The molecule has 2 unspecified atom stereocenters. The number of rotatable bonds is 2. The number of hydrogen-bond acceptors (Lipinski definition) is 2. The molecule has 1 heterocycles. The van der Waals surface area contributed by atoms with E-state index in [0.717, 1.165) is 35.1 Å². The minimum Gasteiger partial charge on any atom is -0.324 e. The SMILES string of the molecule is Cc1nc2c(Cl)cccc2cc1NC(=O)C1(C)Cc2ccccc2C(C)C1. The van der Waals surface area contributed by atoms with Crippen molar-refractivity contribution >= 4 is 34.1 Å². The third kappa shape index (κ3) is 3.21. The molecule has 3 aromatic rings. The first-order valence-corrected chi connectivity index (χ1v) is 9.70. The molecule has 1 aliphatic rings. The fourth-order valence-electron chi connectivity index (χ4n) is 4.28. The molecule has 3 nitrogen and oxygen atoms in total. The third-order valence-corrected chi connectivity index (χ3v) is 6.01. The number of benzene rings is 2. The highest BCUT2D eigenvalue weighted by Crippen LogP contribution is 2.42. The van der Waals surface area contributed by atoms with Gasteiger partial charge in [-0.2, -0.15) is 0 Å². The molecule has 0 spiro atoms. The molecule has 0 saturated heterocycles. The number of aromatic nitrogens is 1. The average molecular weight is 379 g/mol. The first-order valence-electron chi connectivity index (χ1n) is 9.32. The van der Waals surface area contributed by atoms with Gasteiger partial charge in [0.05, 0.1) is 27.3 Å². The predicted octanol–water partition coefficient (Wildman–Crippen LogP) is 5.89. The smallest absolute Gasteiger partial charge is 0.230 e. The molecule has 4 rings (SSSR count). The summed E-state index contributed by atoms with van der Waals surface area (Å²) in [6, 6.07) is 16.1. The normalized spacial score (nSPS) is 21.7. The molecule has 138 valence electrons. The highest BCUT2D eigenvalue weighted by atomic mass is 35.5. The molecule has 27 heavy (non-hydrogen) atoms. The number of carbonyl (C=O) groups excluding carboxylic acids is 1. The van der Waals surface area contributed by atoms with E-state index >= 15 is 0 Å². The van der Waals surface area contributed by atoms with Crippen LogP contribution in [-0.4, -0.2) is 10.9 Å². The summed E-state index contributed by atoms with van der Waals surface area (Å²) in [6.07, 6.45) is 1.59. The Balaban J connectivity index is 1.65. The third-order valence-electron chi connectivity index (χ3n) is 5.71. The van der Waals surface area contributed by atoms with Gasteiger partial charge in [-0.3, -0.25) is 4.79 Å². The number of anilines is 1. The maximum Gasteiger partial charge on any atom is 0.230 e. The minimum absolute atomic E-state index is 0.0510. The number of halogens is 1. The van der Waals surface area contributed by atoms with E-state index < -0.39 is 5.41 Å². The Kier molecular flexibility index (Phi) is 4.43. The second kappa shape index (κ2) is 6.65. The average Bonchev–Trinajstić information content (AvgIpc) is 2.63. The van der Waals surface area contributed by atoms with E-state index in [1.165, 1.54) is 11.1 Å². The summed E-state index contributed by atoms with van der Waals surface area (Å²) in [5.74, 6) is 0.412. The topological polar surface area (TPSA) is 42.0 Å². The Bertz CT molecular complexity index is 1050. The number of fused-ring (bicyclic) bond motifs is 2. The maximum absolute atomic E-state index is 13.2. The molecule has 1 amide bonds. The fourth-order valence-corrected chi connectivity index (χ4v) is 4.51. The highest BCUT2D eigenvalue weighted by Gasteiger charge is 2.39. The van der Waals surface area contributed by atoms with Crippen LogP contribution in [0, 0.1) is 12.3 Å². The zero-order chi connectivity index (χ0) is 19.2. The number of nitrogens with zero attached hydrogens (tertiary/aromatic N) is 1. The quantitative estimate of drug-likeness (QED) is 0.604. The van der Waals surface area contributed by atoms with Crippen LogP contribution < -0.4 is 5.32 Å². The van der Waals surface area contributed by atoms with E-state index in [1.54, 1.807) is 0 Å². The van der Waals surface area contributed by atoms with Crippen LogP contribution in [0.1, 0.15) is 43.0 Å². The second-order valence-electron chi connectivity index (χ2n) is 7.93. The Morgan fingerprint density at radius 3 is 2.81 bits per heavy atom. The monoisotopic (exact) mass is 378 g/mol. The van der Waals surface area contributed by atoms with E-state index in [-0.39, 0.29) is 5.91 Å². The van der Waals surface area contributed by atoms with Crippen molar-refractivity contribution in [3.05, 3.63) is 70.4 Å². The Hall–Kier alpha value is -2.39. The van der Waals surface area contributed by atoms with Gasteiger partial charge in [0.25, 0.3) is 0 Å². The maximum atomic E-state index is 13.2. The first kappa shape index (κ1) is 18.0. The standard InChI is InChI=1S/C23H23ClN2O/c1-14-12-23(3,13-17-7-4-5-9-18(14)17)22(27)26-20-11-16-8-6-10-19(24)21(16)25-15(20)2/h4-11,14H,12-13H2,1-3H3,(H,26,27). The minimum atomic E-state index is -0.441. The van der Waals surface area contributed by atoms with Crippen molar-refractivity contribution in [1.82, 2.24) is 4.98 Å². The van der Waals surface area contributed by atoms with Gasteiger partial charge in [0.1, 0.15) is 0 Å². The lowest BCUT2D eigenvalue weighted by molar-refractivity contribution is -0.125. The van der Waals surface area contributed by atoms with Crippen molar-refractivity contribution in [3.8, 4) is 0 Å². The summed E-state index contributed by atoms with van der Waals surface area (Å²) in [4.78, 5) is 17.8. The Morgan fingerprint density at radius 2 is 2.00 bits per heavy atom. The van der Waals surface area contributed by atoms with E-state index in [0.29, 0.717) is 10.9 Å². The number of amides is 1. The zero-order valence-corrected chi connectivity index (χ0v) is 16.6. The fraction of sp³-hybridized carbons (Fsp3) is 0.304. The van der Waals surface area contributed by atoms with Gasteiger partial charge in [-0.05, 0) is 48.9 Å². The highest BCUT2D eigenvalue weighted by molar-refractivity contribution is 6.35. The lowest BCUT2D eigenvalue weighted by Gasteiger charge is -2.37. The van der Waals surface area contributed by atoms with Crippen molar-refractivity contribution < 1.29 is 4.79 Å². The molecule has 4 heteroatoms. The van der Waals surface area contributed by atoms with Crippen molar-refractivity contribution in [3.63, 3.8) is 0 Å². The molecule has 1 aromatic heterocycles. The molecule has 0 radical (unpaired) electrons. The summed E-state index contributed by atoms with van der Waals surface area (Å²) in [5, 5.41) is 4.69. The van der Waals surface area contributed by atoms with Gasteiger partial charge >= 0.3 is 0 Å². The van der Waals surface area contributed by atoms with Gasteiger partial charge in [0.15, 0.2) is 0 Å². The molecule has 2 atom stereocenters. The molecular weight excluding hydrogens is 356 g/mol. The molecule has 1 aliphatic carbocycles. The second-order valence-corrected chi connectivity index (χ2v) is 8.34. The Morgan fingerprint density at radius 1 is 1.22 bits per heavy atom. The number of para-hydroxylation sites is 1. The van der Waals surface area contributed by atoms with Gasteiger partial charge in [-0.25, -0.2) is 4.98 Å². The lowest BCUT2D eigenvalue weighted by atomic mass is 9.68. The number of hydrogen-bond donors (Lipinski definition) is 1. The summed E-state index contributed by atoms with van der Waals surface area (Å²) in [6.45, 7) is 6.17. The van der Waals surface area contributed by atoms with E-state index in [4.69, 9.17) is 11.6 Å². The van der Waals surface area contributed by atoms with Crippen LogP contribution >= 0.6 is 11.6 Å². The predicted molar refractivity (Wildman–Crippen MR) is 111 cm³/mol. The summed E-state index contributed by atoms with van der Waals surface area (Å²) in [7, 11) is 0.